The van der Waals surface area contributed by atoms with Crippen LogP contribution in [0.25, 0.3) is 0 Å². The maximum absolute atomic E-state index is 12.0. The monoisotopic (exact) mass is 391 g/mol. The minimum atomic E-state index is -0.654. The van der Waals surface area contributed by atoms with E-state index in [9.17, 15) is 9.59 Å². The lowest BCUT2D eigenvalue weighted by Gasteiger charge is -2.07. The van der Waals surface area contributed by atoms with Crippen LogP contribution in [0, 0.1) is 0 Å². The van der Waals surface area contributed by atoms with Gasteiger partial charge in [0.25, 0.3) is 11.8 Å². The molecule has 0 fully saturated rings. The minimum absolute atomic E-state index is 0.226. The Bertz CT molecular complexity index is 793. The number of nitrogens with one attached hydrogen (secondary N) is 2. The molecule has 0 atom stereocenters. The standard InChI is InChI=1S/C16H14BrN3O4/c1-24-14-8-10(15(21)20-23)6-7-11(14)9-18-19-16(22)12-4-2-3-5-13(12)17/h2-9,23H,1H3,(H,19,22)(H,20,21). The lowest BCUT2D eigenvalue weighted by Crippen LogP contribution is -2.19. The van der Waals surface area contributed by atoms with E-state index in [4.69, 9.17) is 9.94 Å². The van der Waals surface area contributed by atoms with Crippen LogP contribution in [0.1, 0.15) is 26.3 Å². The Kier molecular flexibility index (Phi) is 6.05. The highest BCUT2D eigenvalue weighted by Crippen LogP contribution is 2.19. The first-order valence-corrected chi connectivity index (χ1v) is 7.56. The summed E-state index contributed by atoms with van der Waals surface area (Å²) in [6.45, 7) is 0. The zero-order chi connectivity index (χ0) is 17.5. The van der Waals surface area contributed by atoms with Gasteiger partial charge in [0.2, 0.25) is 0 Å². The second-order valence-corrected chi connectivity index (χ2v) is 5.43. The average molecular weight is 392 g/mol. The van der Waals surface area contributed by atoms with E-state index in [0.29, 0.717) is 21.3 Å². The third-order valence-corrected chi connectivity index (χ3v) is 3.78. The van der Waals surface area contributed by atoms with Gasteiger partial charge in [-0.05, 0) is 46.3 Å². The summed E-state index contributed by atoms with van der Waals surface area (Å²) in [5.41, 5.74) is 5.19. The van der Waals surface area contributed by atoms with Gasteiger partial charge in [0, 0.05) is 15.6 Å². The molecule has 2 aromatic rings. The molecule has 3 N–H and O–H groups in total. The van der Waals surface area contributed by atoms with Crippen LogP contribution in [-0.4, -0.2) is 30.3 Å². The quantitative estimate of drug-likeness (QED) is 0.413. The molecule has 0 unspecified atom stereocenters. The zero-order valence-corrected chi connectivity index (χ0v) is 14.2. The molecular weight excluding hydrogens is 378 g/mol. The Morgan fingerprint density at radius 3 is 2.62 bits per heavy atom. The molecule has 0 saturated carbocycles. The van der Waals surface area contributed by atoms with Gasteiger partial charge in [-0.2, -0.15) is 5.10 Å². The molecule has 0 aliphatic heterocycles. The van der Waals surface area contributed by atoms with E-state index in [2.05, 4.69) is 26.5 Å². The van der Waals surface area contributed by atoms with E-state index < -0.39 is 5.91 Å². The number of hydrazone groups is 1. The molecule has 0 spiro atoms. The van der Waals surface area contributed by atoms with E-state index in [-0.39, 0.29) is 11.5 Å². The van der Waals surface area contributed by atoms with Crippen molar-refractivity contribution in [1.82, 2.24) is 10.9 Å². The first-order chi connectivity index (χ1) is 11.6. The number of methoxy groups -OCH3 is 1. The highest BCUT2D eigenvalue weighted by Gasteiger charge is 2.10. The topological polar surface area (TPSA) is 100 Å². The van der Waals surface area contributed by atoms with Crippen molar-refractivity contribution in [2.24, 2.45) is 5.10 Å². The van der Waals surface area contributed by atoms with Crippen molar-refractivity contribution in [3.63, 3.8) is 0 Å². The third kappa shape index (κ3) is 4.18. The van der Waals surface area contributed by atoms with Crippen LogP contribution < -0.4 is 15.6 Å². The van der Waals surface area contributed by atoms with Crippen LogP contribution in [0.5, 0.6) is 5.75 Å². The summed E-state index contributed by atoms with van der Waals surface area (Å²) in [5.74, 6) is -0.650. The van der Waals surface area contributed by atoms with Crippen molar-refractivity contribution < 1.29 is 19.5 Å². The summed E-state index contributed by atoms with van der Waals surface area (Å²) in [6, 6.07) is 11.5. The van der Waals surface area contributed by atoms with E-state index in [1.54, 1.807) is 35.8 Å². The van der Waals surface area contributed by atoms with E-state index in [0.717, 1.165) is 0 Å². The largest absolute Gasteiger partial charge is 0.496 e. The highest BCUT2D eigenvalue weighted by molar-refractivity contribution is 9.10. The van der Waals surface area contributed by atoms with Crippen molar-refractivity contribution in [2.45, 2.75) is 0 Å². The molecule has 0 heterocycles. The van der Waals surface area contributed by atoms with E-state index in [1.807, 2.05) is 0 Å². The lowest BCUT2D eigenvalue weighted by molar-refractivity contribution is 0.0706. The number of hydrogen-bond donors (Lipinski definition) is 3. The number of benzene rings is 2. The van der Waals surface area contributed by atoms with Crippen molar-refractivity contribution in [3.05, 3.63) is 63.6 Å². The smallest absolute Gasteiger partial charge is 0.274 e. The van der Waals surface area contributed by atoms with Gasteiger partial charge >= 0.3 is 0 Å². The number of amides is 2. The molecular formula is C16H14BrN3O4. The van der Waals surface area contributed by atoms with Crippen LogP contribution in [0.4, 0.5) is 0 Å². The number of rotatable bonds is 5. The fourth-order valence-electron chi connectivity index (χ4n) is 1.89. The number of ether oxygens (including phenoxy) is 1. The first-order valence-electron chi connectivity index (χ1n) is 6.77. The fraction of sp³-hybridized carbons (Fsp3) is 0.0625. The van der Waals surface area contributed by atoms with Gasteiger partial charge in [-0.3, -0.25) is 14.8 Å². The average Bonchev–Trinajstić information content (AvgIpc) is 2.61. The van der Waals surface area contributed by atoms with Crippen LogP contribution in [0.2, 0.25) is 0 Å². The van der Waals surface area contributed by atoms with Gasteiger partial charge in [-0.15, -0.1) is 0 Å². The Morgan fingerprint density at radius 1 is 1.21 bits per heavy atom. The molecule has 8 heteroatoms. The predicted octanol–water partition coefficient (Wildman–Crippen LogP) is 2.34. The van der Waals surface area contributed by atoms with E-state index >= 15 is 0 Å². The second kappa shape index (κ2) is 8.23. The molecule has 2 amide bonds. The number of hydroxylamine groups is 1. The Labute approximate surface area is 146 Å². The van der Waals surface area contributed by atoms with E-state index in [1.165, 1.54) is 25.5 Å². The molecule has 2 rings (SSSR count). The fourth-order valence-corrected chi connectivity index (χ4v) is 2.35. The van der Waals surface area contributed by atoms with Gasteiger partial charge in [0.15, 0.2) is 0 Å². The Morgan fingerprint density at radius 2 is 1.96 bits per heavy atom. The Hall–Kier alpha value is -2.71. The third-order valence-electron chi connectivity index (χ3n) is 3.09. The summed E-state index contributed by atoms with van der Waals surface area (Å²) in [7, 11) is 1.44. The lowest BCUT2D eigenvalue weighted by atomic mass is 10.1. The van der Waals surface area contributed by atoms with Gasteiger partial charge in [0.1, 0.15) is 5.75 Å². The molecule has 7 nitrogen and oxygen atoms in total. The number of halogens is 1. The summed E-state index contributed by atoms with van der Waals surface area (Å²) < 4.78 is 5.83. The van der Waals surface area contributed by atoms with Crippen LogP contribution >= 0.6 is 15.9 Å². The molecule has 2 aromatic carbocycles. The second-order valence-electron chi connectivity index (χ2n) is 4.58. The molecule has 0 saturated heterocycles. The van der Waals surface area contributed by atoms with Crippen LogP contribution in [0.15, 0.2) is 52.0 Å². The molecule has 0 radical (unpaired) electrons. The van der Waals surface area contributed by atoms with Crippen LogP contribution in [0.3, 0.4) is 0 Å². The number of hydrogen-bond acceptors (Lipinski definition) is 5. The molecule has 0 bridgehead atoms. The maximum Gasteiger partial charge on any atom is 0.274 e. The maximum atomic E-state index is 12.0. The minimum Gasteiger partial charge on any atom is -0.496 e. The molecule has 124 valence electrons. The van der Waals surface area contributed by atoms with Crippen molar-refractivity contribution in [1.29, 1.82) is 0 Å². The summed E-state index contributed by atoms with van der Waals surface area (Å²) >= 11 is 3.29. The van der Waals surface area contributed by atoms with Gasteiger partial charge in [-0.25, -0.2) is 10.9 Å². The molecule has 0 aliphatic carbocycles. The highest BCUT2D eigenvalue weighted by atomic mass is 79.9. The number of nitrogens with zero attached hydrogens (tertiary/aromatic N) is 1. The van der Waals surface area contributed by atoms with Gasteiger partial charge in [0.05, 0.1) is 18.9 Å². The summed E-state index contributed by atoms with van der Waals surface area (Å²) in [4.78, 5) is 23.4. The Balaban J connectivity index is 2.13. The molecule has 24 heavy (non-hydrogen) atoms. The number of carbonyl (C=O) groups excluding carboxylic acids is 2. The number of carbonyl (C=O) groups is 2. The normalized spacial score (nSPS) is 10.5. The van der Waals surface area contributed by atoms with Crippen molar-refractivity contribution in [3.8, 4) is 5.75 Å². The first kappa shape index (κ1) is 17.6. The summed E-state index contributed by atoms with van der Waals surface area (Å²) in [5, 5.41) is 12.5. The van der Waals surface area contributed by atoms with Crippen molar-refractivity contribution in [2.75, 3.05) is 7.11 Å². The van der Waals surface area contributed by atoms with Crippen molar-refractivity contribution >= 4 is 34.0 Å². The van der Waals surface area contributed by atoms with Gasteiger partial charge < -0.3 is 4.74 Å². The van der Waals surface area contributed by atoms with Crippen LogP contribution in [-0.2, 0) is 0 Å². The SMILES string of the molecule is COc1cc(C(=O)NO)ccc1C=NNC(=O)c1ccccc1Br. The zero-order valence-electron chi connectivity index (χ0n) is 12.6. The predicted molar refractivity (Wildman–Crippen MR) is 91.4 cm³/mol. The van der Waals surface area contributed by atoms with Gasteiger partial charge in [-0.1, -0.05) is 12.1 Å². The molecule has 0 aromatic heterocycles. The summed E-state index contributed by atoms with van der Waals surface area (Å²) in [6.07, 6.45) is 1.40. The molecule has 0 aliphatic rings.